The van der Waals surface area contributed by atoms with Gasteiger partial charge in [0.1, 0.15) is 9.40 Å². The quantitative estimate of drug-likeness (QED) is 0.186. The van der Waals surface area contributed by atoms with Crippen LogP contribution in [-0.2, 0) is 0 Å². The molecule has 0 atom stereocenters. The predicted octanol–water partition coefficient (Wildman–Crippen LogP) is 6.84. The van der Waals surface area contributed by atoms with Crippen molar-refractivity contribution in [1.29, 1.82) is 0 Å². The van der Waals surface area contributed by atoms with Crippen LogP contribution < -0.4 is 20.2 Å². The molecule has 0 saturated heterocycles. The van der Waals surface area contributed by atoms with Crippen LogP contribution in [0.5, 0.6) is 11.5 Å². The summed E-state index contributed by atoms with van der Waals surface area (Å²) in [7, 11) is 0. The number of hydrogen-bond donors (Lipinski definition) is 0. The van der Waals surface area contributed by atoms with Gasteiger partial charge in [-0.3, -0.25) is 0 Å². The number of rotatable bonds is 2. The van der Waals surface area contributed by atoms with Gasteiger partial charge in [-0.15, -0.1) is 0 Å². The maximum Gasteiger partial charge on any atom is 2.00 e. The number of aromatic amines is 2. The van der Waals surface area contributed by atoms with Crippen molar-refractivity contribution >= 4 is 114 Å². The summed E-state index contributed by atoms with van der Waals surface area (Å²) in [6.45, 7) is 0. The minimum absolute atomic E-state index is 0. The summed E-state index contributed by atoms with van der Waals surface area (Å²) in [6, 6.07) is 39.4. The molecule has 2 aromatic heterocycles. The number of para-hydroxylation sites is 2. The zero-order chi connectivity index (χ0) is 27.1. The number of nitrogens with one attached hydrogen (secondary N) is 2. The van der Waals surface area contributed by atoms with Crippen molar-refractivity contribution in [2.24, 2.45) is 0 Å². The minimum atomic E-state index is 0. The topological polar surface area (TPSA) is 74.4 Å². The maximum atomic E-state index is 12.3. The average molecular weight is 692 g/mol. The molecule has 0 fully saturated rings. The average Bonchev–Trinajstić information content (AvgIpc) is 3.61. The van der Waals surface area contributed by atoms with E-state index in [-0.39, 0.29) is 60.4 Å². The number of fused-ring (bicyclic) bond motifs is 4. The van der Waals surface area contributed by atoms with Crippen LogP contribution in [0.1, 0.15) is 0 Å². The van der Waals surface area contributed by atoms with Gasteiger partial charge in [0.25, 0.3) is 10.0 Å². The second-order valence-electron chi connectivity index (χ2n) is 9.50. The Morgan fingerprint density at radius 1 is 0.439 bits per heavy atom. The molecular weight excluding hydrogens is 670 g/mol. The molecule has 0 saturated carbocycles. The fraction of sp³-hybridized carbons (Fsp3) is 0. The Bertz CT molecular complexity index is 1950. The molecule has 0 bridgehead atoms. The summed E-state index contributed by atoms with van der Waals surface area (Å²) < 4.78 is 2.32. The molecular formula is C34H22BaN2O2S2+2. The van der Waals surface area contributed by atoms with Crippen molar-refractivity contribution in [3.63, 3.8) is 0 Å². The molecule has 7 heteroatoms. The smallest absolute Gasteiger partial charge is 0.872 e. The van der Waals surface area contributed by atoms with Gasteiger partial charge in [0.05, 0.1) is 11.1 Å². The van der Waals surface area contributed by atoms with E-state index in [0.29, 0.717) is 0 Å². The van der Waals surface area contributed by atoms with Crippen molar-refractivity contribution in [1.82, 2.24) is 0 Å². The first-order chi connectivity index (χ1) is 19.6. The third kappa shape index (κ3) is 5.65. The molecule has 0 aliphatic carbocycles. The normalized spacial score (nSPS) is 10.9. The van der Waals surface area contributed by atoms with Gasteiger partial charge < -0.3 is 10.2 Å². The van der Waals surface area contributed by atoms with E-state index in [1.165, 1.54) is 0 Å². The number of hydrogen-bond acceptors (Lipinski definition) is 4. The Labute approximate surface area is 284 Å². The summed E-state index contributed by atoms with van der Waals surface area (Å²) in [5.74, 6) is 0.123. The largest absolute Gasteiger partial charge is 2.00 e. The molecule has 41 heavy (non-hydrogen) atoms. The van der Waals surface area contributed by atoms with E-state index in [9.17, 15) is 10.2 Å². The summed E-state index contributed by atoms with van der Waals surface area (Å²) in [4.78, 5) is 6.67. The molecule has 8 aromatic rings. The third-order valence-electron chi connectivity index (χ3n) is 6.88. The van der Waals surface area contributed by atoms with Crippen molar-refractivity contribution < 1.29 is 20.2 Å². The number of thiazole rings is 2. The van der Waals surface area contributed by atoms with E-state index in [2.05, 4.69) is 22.1 Å². The first-order valence-electron chi connectivity index (χ1n) is 12.8. The molecule has 2 N–H and O–H groups in total. The molecule has 8 rings (SSSR count). The van der Waals surface area contributed by atoms with Crippen LogP contribution in [0.4, 0.5) is 0 Å². The SMILES string of the molecule is [Ba+2].[O-]c1cc2ccccc2cc1-c1[nH+]c2ccccc2s1.[O-]c1cc2ccccc2cc1-c1[nH+]c2ccccc2s1. The van der Waals surface area contributed by atoms with Crippen molar-refractivity contribution in [2.75, 3.05) is 0 Å². The fourth-order valence-electron chi connectivity index (χ4n) is 4.87. The third-order valence-corrected chi connectivity index (χ3v) is 9.08. The molecule has 0 spiro atoms. The molecule has 6 aromatic carbocycles. The van der Waals surface area contributed by atoms with Crippen LogP contribution in [0.15, 0.2) is 121 Å². The minimum Gasteiger partial charge on any atom is -0.872 e. The Balaban J connectivity index is 0.000000144. The summed E-state index contributed by atoms with van der Waals surface area (Å²) >= 11 is 3.24. The van der Waals surface area contributed by atoms with Gasteiger partial charge in [-0.2, -0.15) is 9.97 Å². The molecule has 2 heterocycles. The summed E-state index contributed by atoms with van der Waals surface area (Å²) in [6.07, 6.45) is 0. The van der Waals surface area contributed by atoms with Crippen molar-refractivity contribution in [3.8, 4) is 32.6 Å². The van der Waals surface area contributed by atoms with E-state index in [0.717, 1.165) is 63.1 Å². The fourth-order valence-corrected chi connectivity index (χ4v) is 6.92. The van der Waals surface area contributed by atoms with E-state index in [1.807, 2.05) is 97.1 Å². The van der Waals surface area contributed by atoms with Gasteiger partial charge in [0.15, 0.2) is 0 Å². The van der Waals surface area contributed by atoms with Gasteiger partial charge in [0, 0.05) is 12.1 Å². The van der Waals surface area contributed by atoms with Gasteiger partial charge >= 0.3 is 48.9 Å². The Kier molecular flexibility index (Phi) is 8.15. The van der Waals surface area contributed by atoms with Crippen molar-refractivity contribution in [2.45, 2.75) is 0 Å². The maximum absolute atomic E-state index is 12.3. The summed E-state index contributed by atoms with van der Waals surface area (Å²) in [5.41, 5.74) is 3.62. The van der Waals surface area contributed by atoms with Crippen LogP contribution in [0.25, 0.3) is 63.1 Å². The van der Waals surface area contributed by atoms with Gasteiger partial charge in [0.2, 0.25) is 11.0 Å². The molecule has 0 amide bonds. The number of benzene rings is 6. The predicted molar refractivity (Wildman–Crippen MR) is 167 cm³/mol. The standard InChI is InChI=1S/2C17H11NOS.Ba/c2*19-15-10-12-6-2-1-5-11(12)9-13(15)17-18-14-7-3-4-8-16(14)20-17;/h2*1-10,19H;/q;;+2. The molecule has 0 radical (unpaired) electrons. The van der Waals surface area contributed by atoms with Crippen LogP contribution in [0, 0.1) is 0 Å². The molecule has 0 unspecified atom stereocenters. The van der Waals surface area contributed by atoms with Crippen LogP contribution >= 0.6 is 22.7 Å². The van der Waals surface area contributed by atoms with Crippen LogP contribution in [0.3, 0.4) is 0 Å². The van der Waals surface area contributed by atoms with E-state index in [4.69, 9.17) is 0 Å². The first kappa shape index (κ1) is 27.9. The molecule has 192 valence electrons. The van der Waals surface area contributed by atoms with Gasteiger partial charge in [-0.1, -0.05) is 119 Å². The Morgan fingerprint density at radius 3 is 1.17 bits per heavy atom. The van der Waals surface area contributed by atoms with E-state index < -0.39 is 0 Å². The number of aromatic nitrogens is 2. The molecule has 0 aliphatic rings. The Hall–Kier alpha value is -3.21. The van der Waals surface area contributed by atoms with E-state index >= 15 is 0 Å². The summed E-state index contributed by atoms with van der Waals surface area (Å²) in [5, 5.41) is 30.6. The van der Waals surface area contributed by atoms with E-state index in [1.54, 1.807) is 34.8 Å². The van der Waals surface area contributed by atoms with Crippen molar-refractivity contribution in [3.05, 3.63) is 121 Å². The monoisotopic (exact) mass is 692 g/mol. The molecule has 4 nitrogen and oxygen atoms in total. The second kappa shape index (κ2) is 12.0. The first-order valence-corrected chi connectivity index (χ1v) is 14.5. The Morgan fingerprint density at radius 2 is 0.780 bits per heavy atom. The molecule has 0 aliphatic heterocycles. The number of H-pyrrole nitrogens is 2. The van der Waals surface area contributed by atoms with Crippen LogP contribution in [-0.4, -0.2) is 48.9 Å². The second-order valence-corrected chi connectivity index (χ2v) is 11.6. The van der Waals surface area contributed by atoms with Crippen LogP contribution in [0.2, 0.25) is 0 Å². The zero-order valence-electron chi connectivity index (χ0n) is 21.9. The van der Waals surface area contributed by atoms with Gasteiger partial charge in [-0.25, -0.2) is 0 Å². The van der Waals surface area contributed by atoms with Gasteiger partial charge in [-0.05, 0) is 45.8 Å². The zero-order valence-corrected chi connectivity index (χ0v) is 28.0.